The molecule has 0 aliphatic carbocycles. The highest BCUT2D eigenvalue weighted by atomic mass is 16.4. The molecule has 0 spiro atoms. The molecule has 3 heteroatoms. The zero-order chi connectivity index (χ0) is 15.8. The minimum Gasteiger partial charge on any atom is -0.478 e. The molecule has 0 aliphatic rings. The molecule has 4 aromatic rings. The zero-order valence-electron chi connectivity index (χ0n) is 12.2. The molecule has 1 heterocycles. The Hall–Kier alpha value is -3.20. The summed E-state index contributed by atoms with van der Waals surface area (Å²) in [6, 6.07) is 21.5. The molecule has 1 N–H and O–H groups in total. The zero-order valence-corrected chi connectivity index (χ0v) is 12.2. The van der Waals surface area contributed by atoms with Gasteiger partial charge in [-0.3, -0.25) is 4.98 Å². The maximum absolute atomic E-state index is 11.2. The molecular formula is C20H13NO2. The number of aromatic nitrogens is 1. The molecule has 0 saturated carbocycles. The second kappa shape index (κ2) is 5.21. The van der Waals surface area contributed by atoms with E-state index >= 15 is 0 Å². The summed E-state index contributed by atoms with van der Waals surface area (Å²) in [7, 11) is 0. The molecule has 0 amide bonds. The summed E-state index contributed by atoms with van der Waals surface area (Å²) >= 11 is 0. The molecule has 0 bridgehead atoms. The Morgan fingerprint density at radius 1 is 0.826 bits per heavy atom. The predicted molar refractivity (Wildman–Crippen MR) is 91.6 cm³/mol. The molecule has 23 heavy (non-hydrogen) atoms. The Labute approximate surface area is 132 Å². The van der Waals surface area contributed by atoms with Gasteiger partial charge in [0.05, 0.1) is 11.3 Å². The first-order valence-corrected chi connectivity index (χ1v) is 7.34. The molecular weight excluding hydrogens is 286 g/mol. The Morgan fingerprint density at radius 3 is 2.30 bits per heavy atom. The van der Waals surface area contributed by atoms with Crippen LogP contribution in [-0.4, -0.2) is 16.1 Å². The third kappa shape index (κ3) is 2.23. The quantitative estimate of drug-likeness (QED) is 0.543. The summed E-state index contributed by atoms with van der Waals surface area (Å²) in [5.41, 5.74) is 1.86. The van der Waals surface area contributed by atoms with Gasteiger partial charge in [-0.15, -0.1) is 0 Å². The molecule has 0 saturated heterocycles. The van der Waals surface area contributed by atoms with Gasteiger partial charge in [0.2, 0.25) is 0 Å². The topological polar surface area (TPSA) is 50.2 Å². The molecule has 3 nitrogen and oxygen atoms in total. The average molecular weight is 299 g/mol. The Morgan fingerprint density at radius 2 is 1.52 bits per heavy atom. The lowest BCUT2D eigenvalue weighted by molar-refractivity contribution is 0.0697. The van der Waals surface area contributed by atoms with Gasteiger partial charge in [0, 0.05) is 11.8 Å². The molecule has 110 valence electrons. The fourth-order valence-corrected chi connectivity index (χ4v) is 2.98. The molecule has 4 rings (SSSR count). The van der Waals surface area contributed by atoms with Crippen molar-refractivity contribution in [3.05, 3.63) is 78.5 Å². The van der Waals surface area contributed by atoms with E-state index in [0.29, 0.717) is 5.69 Å². The van der Waals surface area contributed by atoms with Gasteiger partial charge in [-0.05, 0) is 39.7 Å². The summed E-state index contributed by atoms with van der Waals surface area (Å²) in [5.74, 6) is -0.946. The minimum absolute atomic E-state index is 0.243. The van der Waals surface area contributed by atoms with E-state index in [0.717, 1.165) is 21.7 Å². The van der Waals surface area contributed by atoms with E-state index in [1.807, 2.05) is 30.3 Å². The summed E-state index contributed by atoms with van der Waals surface area (Å²) in [6.07, 6.45) is 1.54. The van der Waals surface area contributed by atoms with Gasteiger partial charge in [0.25, 0.3) is 0 Å². The molecule has 0 aliphatic heterocycles. The lowest BCUT2D eigenvalue weighted by atomic mass is 9.95. The van der Waals surface area contributed by atoms with E-state index in [-0.39, 0.29) is 5.56 Å². The van der Waals surface area contributed by atoms with Crippen LogP contribution in [0.2, 0.25) is 0 Å². The van der Waals surface area contributed by atoms with Crippen LogP contribution in [0, 0.1) is 0 Å². The molecule has 0 atom stereocenters. The fourth-order valence-electron chi connectivity index (χ4n) is 2.98. The second-order valence-corrected chi connectivity index (χ2v) is 5.43. The van der Waals surface area contributed by atoms with E-state index < -0.39 is 5.97 Å². The van der Waals surface area contributed by atoms with Gasteiger partial charge in [0.15, 0.2) is 0 Å². The second-order valence-electron chi connectivity index (χ2n) is 5.43. The van der Waals surface area contributed by atoms with Crippen LogP contribution in [-0.2, 0) is 0 Å². The van der Waals surface area contributed by atoms with Crippen LogP contribution in [0.5, 0.6) is 0 Å². The first-order valence-electron chi connectivity index (χ1n) is 7.34. The first-order chi connectivity index (χ1) is 11.2. The number of carboxylic acids is 1. The number of fused-ring (bicyclic) bond motifs is 3. The average Bonchev–Trinajstić information content (AvgIpc) is 2.61. The number of nitrogens with zero attached hydrogens (tertiary/aromatic N) is 1. The first kappa shape index (κ1) is 13.5. The lowest BCUT2D eigenvalue weighted by Crippen LogP contribution is -1.97. The largest absolute Gasteiger partial charge is 0.478 e. The van der Waals surface area contributed by atoms with Crippen molar-refractivity contribution in [3.8, 4) is 11.3 Å². The lowest BCUT2D eigenvalue weighted by Gasteiger charge is -2.10. The minimum atomic E-state index is -0.946. The molecule has 0 unspecified atom stereocenters. The van der Waals surface area contributed by atoms with Crippen molar-refractivity contribution in [1.82, 2.24) is 4.98 Å². The van der Waals surface area contributed by atoms with Crippen molar-refractivity contribution in [3.63, 3.8) is 0 Å². The van der Waals surface area contributed by atoms with Gasteiger partial charge in [-0.2, -0.15) is 0 Å². The number of hydrogen-bond acceptors (Lipinski definition) is 2. The highest BCUT2D eigenvalue weighted by Crippen LogP contribution is 2.34. The van der Waals surface area contributed by atoms with Crippen molar-refractivity contribution in [1.29, 1.82) is 0 Å². The van der Waals surface area contributed by atoms with Gasteiger partial charge in [0.1, 0.15) is 0 Å². The normalized spacial score (nSPS) is 11.0. The number of carboxylic acid groups (broad SMARTS) is 1. The summed E-state index contributed by atoms with van der Waals surface area (Å²) in [5, 5.41) is 13.7. The highest BCUT2D eigenvalue weighted by Gasteiger charge is 2.11. The van der Waals surface area contributed by atoms with Gasteiger partial charge < -0.3 is 5.11 Å². The Kier molecular flexibility index (Phi) is 3.05. The van der Waals surface area contributed by atoms with Crippen LogP contribution >= 0.6 is 0 Å². The Bertz CT molecular complexity index is 1050. The van der Waals surface area contributed by atoms with E-state index in [2.05, 4.69) is 29.2 Å². The van der Waals surface area contributed by atoms with Crippen molar-refractivity contribution in [2.45, 2.75) is 0 Å². The molecule has 3 aromatic carbocycles. The standard InChI is InChI=1S/C20H13NO2/c22-20(23)14-9-10-21-19(12-14)18-11-13-5-1-2-6-15(13)16-7-3-4-8-17(16)18/h1-12H,(H,22,23). The number of aromatic carboxylic acids is 1. The van der Waals surface area contributed by atoms with E-state index in [1.165, 1.54) is 11.5 Å². The van der Waals surface area contributed by atoms with Crippen LogP contribution < -0.4 is 0 Å². The highest BCUT2D eigenvalue weighted by molar-refractivity contribution is 6.13. The number of pyridine rings is 1. The smallest absolute Gasteiger partial charge is 0.335 e. The van der Waals surface area contributed by atoms with Crippen molar-refractivity contribution in [2.75, 3.05) is 0 Å². The van der Waals surface area contributed by atoms with Gasteiger partial charge in [-0.1, -0.05) is 48.5 Å². The number of hydrogen-bond donors (Lipinski definition) is 1. The van der Waals surface area contributed by atoms with E-state index in [1.54, 1.807) is 12.3 Å². The number of carbonyl (C=O) groups is 1. The maximum Gasteiger partial charge on any atom is 0.335 e. The molecule has 0 radical (unpaired) electrons. The summed E-state index contributed by atoms with van der Waals surface area (Å²) in [4.78, 5) is 15.6. The van der Waals surface area contributed by atoms with Crippen molar-refractivity contribution >= 4 is 27.5 Å². The SMILES string of the molecule is O=C(O)c1ccnc(-c2cc3ccccc3c3ccccc23)c1. The molecule has 0 fully saturated rings. The third-order valence-electron chi connectivity index (χ3n) is 4.05. The molecule has 1 aromatic heterocycles. The van der Waals surface area contributed by atoms with Crippen molar-refractivity contribution in [2.24, 2.45) is 0 Å². The monoisotopic (exact) mass is 299 g/mol. The maximum atomic E-state index is 11.2. The predicted octanol–water partition coefficient (Wildman–Crippen LogP) is 4.75. The van der Waals surface area contributed by atoms with Crippen LogP contribution in [0.15, 0.2) is 72.9 Å². The fraction of sp³-hybridized carbons (Fsp3) is 0. The van der Waals surface area contributed by atoms with Gasteiger partial charge in [-0.25, -0.2) is 4.79 Å². The van der Waals surface area contributed by atoms with Crippen LogP contribution in [0.4, 0.5) is 0 Å². The number of benzene rings is 3. The number of rotatable bonds is 2. The third-order valence-corrected chi connectivity index (χ3v) is 4.05. The van der Waals surface area contributed by atoms with Gasteiger partial charge >= 0.3 is 5.97 Å². The van der Waals surface area contributed by atoms with Crippen LogP contribution in [0.25, 0.3) is 32.8 Å². The van der Waals surface area contributed by atoms with E-state index in [9.17, 15) is 9.90 Å². The van der Waals surface area contributed by atoms with Crippen molar-refractivity contribution < 1.29 is 9.90 Å². The Balaban J connectivity index is 2.09. The summed E-state index contributed by atoms with van der Waals surface area (Å²) in [6.45, 7) is 0. The van der Waals surface area contributed by atoms with Crippen LogP contribution in [0.1, 0.15) is 10.4 Å². The van der Waals surface area contributed by atoms with E-state index in [4.69, 9.17) is 0 Å². The summed E-state index contributed by atoms with van der Waals surface area (Å²) < 4.78 is 0. The van der Waals surface area contributed by atoms with Crippen LogP contribution in [0.3, 0.4) is 0 Å².